The SMILES string of the molecule is COC(=O)/C=C1\CC2CC1N(C(=O)OCC1CCCCC1)C2. The van der Waals surface area contributed by atoms with Crippen molar-refractivity contribution in [3.05, 3.63) is 11.6 Å². The summed E-state index contributed by atoms with van der Waals surface area (Å²) in [5.41, 5.74) is 1.01. The quantitative estimate of drug-likeness (QED) is 0.594. The highest BCUT2D eigenvalue weighted by molar-refractivity contribution is 5.83. The zero-order valence-electron chi connectivity index (χ0n) is 13.3. The number of likely N-dealkylation sites (tertiary alicyclic amines) is 1. The van der Waals surface area contributed by atoms with Crippen LogP contribution in [0.4, 0.5) is 4.79 Å². The average Bonchev–Trinajstić information content (AvgIpc) is 3.13. The van der Waals surface area contributed by atoms with Gasteiger partial charge in [0.25, 0.3) is 0 Å². The van der Waals surface area contributed by atoms with Gasteiger partial charge >= 0.3 is 12.1 Å². The molecule has 122 valence electrons. The van der Waals surface area contributed by atoms with E-state index in [0.29, 0.717) is 18.4 Å². The molecule has 0 spiro atoms. The summed E-state index contributed by atoms with van der Waals surface area (Å²) in [6.45, 7) is 1.30. The van der Waals surface area contributed by atoms with Crippen molar-refractivity contribution in [3.63, 3.8) is 0 Å². The monoisotopic (exact) mass is 307 g/mol. The normalized spacial score (nSPS) is 29.9. The Bertz CT molecular complexity index is 467. The number of ether oxygens (including phenoxy) is 2. The molecule has 2 aliphatic carbocycles. The van der Waals surface area contributed by atoms with Crippen molar-refractivity contribution in [2.24, 2.45) is 11.8 Å². The maximum atomic E-state index is 12.3. The summed E-state index contributed by atoms with van der Waals surface area (Å²) in [6, 6.07) is 0.0305. The zero-order chi connectivity index (χ0) is 15.5. The molecule has 5 nitrogen and oxygen atoms in total. The van der Waals surface area contributed by atoms with E-state index in [1.165, 1.54) is 39.2 Å². The van der Waals surface area contributed by atoms with Crippen molar-refractivity contribution in [2.75, 3.05) is 20.3 Å². The summed E-state index contributed by atoms with van der Waals surface area (Å²) < 4.78 is 10.2. The molecule has 0 radical (unpaired) electrons. The van der Waals surface area contributed by atoms with Crippen LogP contribution in [0.15, 0.2) is 11.6 Å². The Morgan fingerprint density at radius 3 is 2.73 bits per heavy atom. The highest BCUT2D eigenvalue weighted by atomic mass is 16.6. The predicted octanol–water partition coefficient (Wildman–Crippen LogP) is 2.90. The van der Waals surface area contributed by atoms with E-state index in [1.807, 2.05) is 0 Å². The molecular weight excluding hydrogens is 282 g/mol. The van der Waals surface area contributed by atoms with E-state index < -0.39 is 0 Å². The van der Waals surface area contributed by atoms with Gasteiger partial charge < -0.3 is 14.4 Å². The highest BCUT2D eigenvalue weighted by Gasteiger charge is 2.44. The van der Waals surface area contributed by atoms with Crippen LogP contribution in [0.2, 0.25) is 0 Å². The molecular formula is C17H25NO4. The van der Waals surface area contributed by atoms with Crippen LogP contribution in [0.3, 0.4) is 0 Å². The molecule has 3 fully saturated rings. The molecule has 1 aliphatic heterocycles. The van der Waals surface area contributed by atoms with E-state index in [9.17, 15) is 9.59 Å². The highest BCUT2D eigenvalue weighted by Crippen LogP contribution is 2.41. The smallest absolute Gasteiger partial charge is 0.410 e. The third kappa shape index (κ3) is 3.28. The molecule has 2 unspecified atom stereocenters. The Kier molecular flexibility index (Phi) is 4.69. The lowest BCUT2D eigenvalue weighted by Crippen LogP contribution is -2.40. The maximum Gasteiger partial charge on any atom is 0.410 e. The zero-order valence-corrected chi connectivity index (χ0v) is 13.3. The second-order valence-electron chi connectivity index (χ2n) is 6.80. The standard InChI is InChI=1S/C17H25NO4/c1-21-16(19)9-14-7-13-8-15(14)18(10-13)17(20)22-11-12-5-3-2-4-6-12/h9,12-13,15H,2-8,10-11H2,1H3/b14-9+. The van der Waals surface area contributed by atoms with E-state index in [2.05, 4.69) is 0 Å². The number of fused-ring (bicyclic) bond motifs is 2. The van der Waals surface area contributed by atoms with Crippen molar-refractivity contribution in [1.82, 2.24) is 4.90 Å². The summed E-state index contributed by atoms with van der Waals surface area (Å²) in [5, 5.41) is 0. The minimum Gasteiger partial charge on any atom is -0.466 e. The number of hydrogen-bond donors (Lipinski definition) is 0. The first kappa shape index (κ1) is 15.4. The molecule has 1 saturated heterocycles. The fraction of sp³-hybridized carbons (Fsp3) is 0.765. The number of methoxy groups -OCH3 is 1. The van der Waals surface area contributed by atoms with Gasteiger partial charge in [-0.2, -0.15) is 0 Å². The Hall–Kier alpha value is -1.52. The van der Waals surface area contributed by atoms with E-state index in [1.54, 1.807) is 11.0 Å². The van der Waals surface area contributed by atoms with Gasteiger partial charge in [-0.3, -0.25) is 0 Å². The first-order chi connectivity index (χ1) is 10.7. The molecule has 3 aliphatic rings. The van der Waals surface area contributed by atoms with E-state index >= 15 is 0 Å². The number of rotatable bonds is 3. The number of hydrogen-bond acceptors (Lipinski definition) is 4. The average molecular weight is 307 g/mol. The topological polar surface area (TPSA) is 55.8 Å². The Morgan fingerprint density at radius 2 is 2.05 bits per heavy atom. The van der Waals surface area contributed by atoms with Crippen LogP contribution in [0, 0.1) is 11.8 Å². The van der Waals surface area contributed by atoms with Gasteiger partial charge in [0.1, 0.15) is 0 Å². The first-order valence-corrected chi connectivity index (χ1v) is 8.39. The molecule has 22 heavy (non-hydrogen) atoms. The predicted molar refractivity (Wildman–Crippen MR) is 81.2 cm³/mol. The lowest BCUT2D eigenvalue weighted by Gasteiger charge is -2.29. The van der Waals surface area contributed by atoms with Gasteiger partial charge in [0.2, 0.25) is 0 Å². The molecule has 5 heteroatoms. The van der Waals surface area contributed by atoms with Crippen LogP contribution in [0.5, 0.6) is 0 Å². The molecule has 1 heterocycles. The Balaban J connectivity index is 1.54. The second-order valence-corrected chi connectivity index (χ2v) is 6.80. The van der Waals surface area contributed by atoms with Gasteiger partial charge in [0.05, 0.1) is 19.8 Å². The van der Waals surface area contributed by atoms with Gasteiger partial charge in [-0.15, -0.1) is 0 Å². The lowest BCUT2D eigenvalue weighted by atomic mass is 9.90. The molecule has 3 rings (SSSR count). The molecule has 0 aromatic carbocycles. The van der Waals surface area contributed by atoms with Crippen LogP contribution in [0.1, 0.15) is 44.9 Å². The Morgan fingerprint density at radius 1 is 1.27 bits per heavy atom. The second kappa shape index (κ2) is 6.71. The van der Waals surface area contributed by atoms with Crippen molar-refractivity contribution < 1.29 is 19.1 Å². The molecule has 2 atom stereocenters. The van der Waals surface area contributed by atoms with Crippen molar-refractivity contribution in [1.29, 1.82) is 0 Å². The van der Waals surface area contributed by atoms with E-state index in [4.69, 9.17) is 9.47 Å². The van der Waals surface area contributed by atoms with E-state index in [-0.39, 0.29) is 18.1 Å². The van der Waals surface area contributed by atoms with Crippen LogP contribution < -0.4 is 0 Å². The number of piperidine rings is 1. The van der Waals surface area contributed by atoms with Crippen LogP contribution in [0.25, 0.3) is 0 Å². The van der Waals surface area contributed by atoms with E-state index in [0.717, 1.165) is 25.0 Å². The summed E-state index contributed by atoms with van der Waals surface area (Å²) >= 11 is 0. The number of carbonyl (C=O) groups excluding carboxylic acids is 2. The minimum atomic E-state index is -0.335. The molecule has 1 amide bonds. The molecule has 2 bridgehead atoms. The molecule has 0 aromatic rings. The molecule has 0 aromatic heterocycles. The summed E-state index contributed by atoms with van der Waals surface area (Å²) in [5.74, 6) is 0.656. The Labute approximate surface area is 131 Å². The first-order valence-electron chi connectivity index (χ1n) is 8.39. The summed E-state index contributed by atoms with van der Waals surface area (Å²) in [4.78, 5) is 25.6. The van der Waals surface area contributed by atoms with Crippen molar-refractivity contribution in [2.45, 2.75) is 51.0 Å². The van der Waals surface area contributed by atoms with Crippen molar-refractivity contribution in [3.8, 4) is 0 Å². The third-order valence-corrected chi connectivity index (χ3v) is 5.25. The van der Waals surface area contributed by atoms with Gasteiger partial charge in [0, 0.05) is 12.6 Å². The van der Waals surface area contributed by atoms with Gasteiger partial charge in [-0.1, -0.05) is 19.3 Å². The van der Waals surface area contributed by atoms with Crippen LogP contribution >= 0.6 is 0 Å². The number of nitrogens with zero attached hydrogens (tertiary/aromatic N) is 1. The fourth-order valence-corrected chi connectivity index (χ4v) is 4.08. The number of esters is 1. The van der Waals surface area contributed by atoms with Gasteiger partial charge in [-0.05, 0) is 43.1 Å². The molecule has 2 saturated carbocycles. The minimum absolute atomic E-state index is 0.0305. The number of carbonyl (C=O) groups is 2. The van der Waals surface area contributed by atoms with Gasteiger partial charge in [0.15, 0.2) is 0 Å². The van der Waals surface area contributed by atoms with Crippen LogP contribution in [-0.4, -0.2) is 43.3 Å². The lowest BCUT2D eigenvalue weighted by molar-refractivity contribution is -0.134. The molecule has 0 N–H and O–H groups in total. The fourth-order valence-electron chi connectivity index (χ4n) is 4.08. The maximum absolute atomic E-state index is 12.3. The number of amides is 1. The van der Waals surface area contributed by atoms with Crippen molar-refractivity contribution >= 4 is 12.1 Å². The summed E-state index contributed by atoms with van der Waals surface area (Å²) in [6.07, 6.45) is 9.33. The van der Waals surface area contributed by atoms with Crippen LogP contribution in [-0.2, 0) is 14.3 Å². The third-order valence-electron chi connectivity index (χ3n) is 5.25. The van der Waals surface area contributed by atoms with Gasteiger partial charge in [-0.25, -0.2) is 9.59 Å². The largest absolute Gasteiger partial charge is 0.466 e. The summed E-state index contributed by atoms with van der Waals surface area (Å²) in [7, 11) is 1.38.